The van der Waals surface area contributed by atoms with E-state index in [2.05, 4.69) is 11.1 Å². The van der Waals surface area contributed by atoms with Gasteiger partial charge in [0.2, 0.25) is 5.88 Å². The fourth-order valence-electron chi connectivity index (χ4n) is 2.43. The van der Waals surface area contributed by atoms with Gasteiger partial charge in [0.25, 0.3) is 0 Å². The topological polar surface area (TPSA) is 71.9 Å². The molecule has 0 amide bonds. The Bertz CT molecular complexity index is 716. The van der Waals surface area contributed by atoms with Crippen molar-refractivity contribution in [2.45, 2.75) is 26.2 Å². The van der Waals surface area contributed by atoms with Crippen LogP contribution in [0.2, 0.25) is 0 Å². The predicted molar refractivity (Wildman–Crippen MR) is 76.6 cm³/mol. The Morgan fingerprint density at radius 1 is 1.30 bits per heavy atom. The van der Waals surface area contributed by atoms with Crippen LogP contribution in [0.25, 0.3) is 0 Å². The zero-order chi connectivity index (χ0) is 14.1. The SMILES string of the molecule is Cc1cc(Oc2nc3c(cc2C#N)CCC3)ccc1N. The summed E-state index contributed by atoms with van der Waals surface area (Å²) in [6.45, 7) is 1.92. The van der Waals surface area contributed by atoms with Gasteiger partial charge in [0.1, 0.15) is 17.4 Å². The van der Waals surface area contributed by atoms with Gasteiger partial charge in [0, 0.05) is 11.4 Å². The quantitative estimate of drug-likeness (QED) is 0.847. The molecule has 1 aromatic heterocycles. The molecule has 0 saturated heterocycles. The normalized spacial score (nSPS) is 12.8. The largest absolute Gasteiger partial charge is 0.438 e. The number of fused-ring (bicyclic) bond motifs is 1. The number of nitriles is 1. The summed E-state index contributed by atoms with van der Waals surface area (Å²) >= 11 is 0. The van der Waals surface area contributed by atoms with Crippen molar-refractivity contribution in [3.63, 3.8) is 0 Å². The van der Waals surface area contributed by atoms with E-state index in [4.69, 9.17) is 10.5 Å². The lowest BCUT2D eigenvalue weighted by atomic mass is 10.1. The number of anilines is 1. The smallest absolute Gasteiger partial charge is 0.237 e. The highest BCUT2D eigenvalue weighted by molar-refractivity contribution is 5.51. The second kappa shape index (κ2) is 4.86. The molecule has 2 aromatic rings. The van der Waals surface area contributed by atoms with E-state index in [0.717, 1.165) is 36.2 Å². The first kappa shape index (κ1) is 12.5. The Labute approximate surface area is 117 Å². The molecule has 4 heteroatoms. The van der Waals surface area contributed by atoms with Crippen molar-refractivity contribution in [1.29, 1.82) is 5.26 Å². The minimum absolute atomic E-state index is 0.386. The molecule has 1 aromatic carbocycles. The lowest BCUT2D eigenvalue weighted by molar-refractivity contribution is 0.459. The number of nitrogens with two attached hydrogens (primary N) is 1. The van der Waals surface area contributed by atoms with E-state index in [1.54, 1.807) is 12.1 Å². The van der Waals surface area contributed by atoms with Crippen LogP contribution in [-0.2, 0) is 12.8 Å². The number of nitrogen functional groups attached to an aromatic ring is 1. The summed E-state index contributed by atoms with van der Waals surface area (Å²) in [7, 11) is 0. The van der Waals surface area contributed by atoms with Crippen LogP contribution in [0.1, 0.15) is 28.8 Å². The van der Waals surface area contributed by atoms with Gasteiger partial charge in [-0.3, -0.25) is 0 Å². The fourth-order valence-corrected chi connectivity index (χ4v) is 2.43. The van der Waals surface area contributed by atoms with Crippen molar-refractivity contribution in [3.05, 3.63) is 46.6 Å². The van der Waals surface area contributed by atoms with Crippen LogP contribution in [0.4, 0.5) is 5.69 Å². The highest BCUT2D eigenvalue weighted by atomic mass is 16.5. The van der Waals surface area contributed by atoms with Gasteiger partial charge in [-0.15, -0.1) is 0 Å². The molecule has 4 nitrogen and oxygen atoms in total. The van der Waals surface area contributed by atoms with Crippen LogP contribution in [0.3, 0.4) is 0 Å². The summed E-state index contributed by atoms with van der Waals surface area (Å²) in [5.41, 5.74) is 10.2. The molecule has 0 unspecified atom stereocenters. The third-order valence-corrected chi connectivity index (χ3v) is 3.59. The van der Waals surface area contributed by atoms with E-state index in [0.29, 0.717) is 17.2 Å². The summed E-state index contributed by atoms with van der Waals surface area (Å²) in [6.07, 6.45) is 3.05. The zero-order valence-electron chi connectivity index (χ0n) is 11.3. The van der Waals surface area contributed by atoms with Gasteiger partial charge in [0.05, 0.1) is 0 Å². The van der Waals surface area contributed by atoms with Crippen molar-refractivity contribution in [2.24, 2.45) is 0 Å². The number of aryl methyl sites for hydroxylation is 3. The number of rotatable bonds is 2. The van der Waals surface area contributed by atoms with Crippen molar-refractivity contribution >= 4 is 5.69 Å². The Balaban J connectivity index is 1.98. The molecule has 0 aliphatic heterocycles. The number of hydrogen-bond donors (Lipinski definition) is 1. The summed E-state index contributed by atoms with van der Waals surface area (Å²) in [5.74, 6) is 1.04. The Kier molecular flexibility index (Phi) is 3.03. The first-order valence-corrected chi connectivity index (χ1v) is 6.64. The molecule has 2 N–H and O–H groups in total. The second-order valence-electron chi connectivity index (χ2n) is 5.03. The predicted octanol–water partition coefficient (Wildman–Crippen LogP) is 3.12. The number of hydrogen-bond acceptors (Lipinski definition) is 4. The van der Waals surface area contributed by atoms with Gasteiger partial charge in [-0.2, -0.15) is 5.26 Å². The molecule has 0 saturated carbocycles. The zero-order valence-corrected chi connectivity index (χ0v) is 11.3. The van der Waals surface area contributed by atoms with Gasteiger partial charge in [-0.1, -0.05) is 0 Å². The third-order valence-electron chi connectivity index (χ3n) is 3.59. The van der Waals surface area contributed by atoms with Gasteiger partial charge >= 0.3 is 0 Å². The van der Waals surface area contributed by atoms with Crippen LogP contribution < -0.4 is 10.5 Å². The van der Waals surface area contributed by atoms with E-state index in [9.17, 15) is 5.26 Å². The number of aromatic nitrogens is 1. The van der Waals surface area contributed by atoms with Crippen LogP contribution in [0.5, 0.6) is 11.6 Å². The molecular formula is C16H15N3O. The minimum Gasteiger partial charge on any atom is -0.438 e. The average molecular weight is 265 g/mol. The second-order valence-corrected chi connectivity index (χ2v) is 5.03. The molecule has 0 spiro atoms. The van der Waals surface area contributed by atoms with Crippen LogP contribution in [-0.4, -0.2) is 4.98 Å². The summed E-state index contributed by atoms with van der Waals surface area (Å²) in [6, 6.07) is 9.50. The number of ether oxygens (including phenoxy) is 1. The Hall–Kier alpha value is -2.54. The van der Waals surface area contributed by atoms with Gasteiger partial charge in [-0.25, -0.2) is 4.98 Å². The van der Waals surface area contributed by atoms with Crippen LogP contribution in [0.15, 0.2) is 24.3 Å². The van der Waals surface area contributed by atoms with Crippen molar-refractivity contribution < 1.29 is 4.74 Å². The Morgan fingerprint density at radius 3 is 2.90 bits per heavy atom. The van der Waals surface area contributed by atoms with Crippen molar-refractivity contribution in [1.82, 2.24) is 4.98 Å². The summed E-state index contributed by atoms with van der Waals surface area (Å²) in [4.78, 5) is 4.50. The summed E-state index contributed by atoms with van der Waals surface area (Å²) < 4.78 is 5.77. The lowest BCUT2D eigenvalue weighted by Gasteiger charge is -2.10. The molecule has 3 rings (SSSR count). The molecular weight excluding hydrogens is 250 g/mol. The molecule has 100 valence electrons. The lowest BCUT2D eigenvalue weighted by Crippen LogP contribution is -1.98. The van der Waals surface area contributed by atoms with Gasteiger partial charge in [0.15, 0.2) is 0 Å². The van der Waals surface area contributed by atoms with Gasteiger partial charge < -0.3 is 10.5 Å². The van der Waals surface area contributed by atoms with Crippen LogP contribution >= 0.6 is 0 Å². The number of nitrogens with zero attached hydrogens (tertiary/aromatic N) is 2. The molecule has 1 aliphatic rings. The third kappa shape index (κ3) is 2.19. The Morgan fingerprint density at radius 2 is 2.15 bits per heavy atom. The molecule has 0 atom stereocenters. The highest BCUT2D eigenvalue weighted by Crippen LogP contribution is 2.30. The van der Waals surface area contributed by atoms with E-state index in [1.165, 1.54) is 5.56 Å². The number of pyridine rings is 1. The highest BCUT2D eigenvalue weighted by Gasteiger charge is 2.17. The molecule has 1 aliphatic carbocycles. The minimum atomic E-state index is 0.386. The first-order chi connectivity index (χ1) is 9.67. The van der Waals surface area contributed by atoms with E-state index < -0.39 is 0 Å². The van der Waals surface area contributed by atoms with E-state index in [1.807, 2.05) is 19.1 Å². The maximum atomic E-state index is 9.24. The van der Waals surface area contributed by atoms with Crippen LogP contribution in [0, 0.1) is 18.3 Å². The van der Waals surface area contributed by atoms with E-state index >= 15 is 0 Å². The molecule has 0 radical (unpaired) electrons. The average Bonchev–Trinajstić information content (AvgIpc) is 2.89. The molecule has 1 heterocycles. The molecule has 0 bridgehead atoms. The maximum absolute atomic E-state index is 9.24. The van der Waals surface area contributed by atoms with Crippen molar-refractivity contribution in [2.75, 3.05) is 5.73 Å². The molecule has 0 fully saturated rings. The van der Waals surface area contributed by atoms with E-state index in [-0.39, 0.29) is 0 Å². The van der Waals surface area contributed by atoms with Gasteiger partial charge in [-0.05, 0) is 61.6 Å². The molecule has 20 heavy (non-hydrogen) atoms. The first-order valence-electron chi connectivity index (χ1n) is 6.64. The standard InChI is InChI=1S/C16H15N3O/c1-10-7-13(5-6-14(10)18)20-16-12(9-17)8-11-3-2-4-15(11)19-16/h5-8H,2-4,18H2,1H3. The summed E-state index contributed by atoms with van der Waals surface area (Å²) in [5, 5.41) is 9.24. The fraction of sp³-hybridized carbons (Fsp3) is 0.250. The number of benzene rings is 1. The maximum Gasteiger partial charge on any atom is 0.237 e. The monoisotopic (exact) mass is 265 g/mol. The van der Waals surface area contributed by atoms with Crippen molar-refractivity contribution in [3.8, 4) is 17.7 Å².